The van der Waals surface area contributed by atoms with E-state index in [0.717, 1.165) is 0 Å². The molecule has 82 valence electrons. The third-order valence-corrected chi connectivity index (χ3v) is 1.94. The number of aromatic carboxylic acids is 1. The fraction of sp³-hybridized carbons (Fsp3) is 0.300. The molecule has 1 aromatic rings. The summed E-state index contributed by atoms with van der Waals surface area (Å²) in [5, 5.41) is 8.71. The van der Waals surface area contributed by atoms with Crippen molar-refractivity contribution in [2.75, 3.05) is 0 Å². The van der Waals surface area contributed by atoms with E-state index in [-0.39, 0.29) is 11.1 Å². The van der Waals surface area contributed by atoms with Gasteiger partial charge in [0.2, 0.25) is 0 Å². The molecule has 0 aliphatic carbocycles. The Labute approximate surface area is 84.3 Å². The summed E-state index contributed by atoms with van der Waals surface area (Å²) < 4.78 is 36.6. The van der Waals surface area contributed by atoms with Gasteiger partial charge in [-0.05, 0) is 11.6 Å². The first-order valence-corrected chi connectivity index (χ1v) is 4.25. The van der Waals surface area contributed by atoms with Crippen molar-refractivity contribution in [2.24, 2.45) is 0 Å². The van der Waals surface area contributed by atoms with Crippen molar-refractivity contribution < 1.29 is 23.1 Å². The van der Waals surface area contributed by atoms with Gasteiger partial charge in [0.1, 0.15) is 0 Å². The molecule has 0 radical (unpaired) electrons. The minimum absolute atomic E-state index is 0.0813. The summed E-state index contributed by atoms with van der Waals surface area (Å²) in [6, 6.07) is 5.54. The molecule has 0 amide bonds. The quantitative estimate of drug-likeness (QED) is 0.843. The number of rotatable bonds is 4. The Kier molecular flexibility index (Phi) is 3.71. The van der Waals surface area contributed by atoms with Gasteiger partial charge in [-0.25, -0.2) is 18.0 Å². The van der Waals surface area contributed by atoms with Crippen LogP contribution in [0.1, 0.15) is 15.9 Å². The third kappa shape index (κ3) is 2.97. The van der Waals surface area contributed by atoms with Crippen LogP contribution in [0.5, 0.6) is 0 Å². The molecule has 0 heterocycles. The maximum absolute atomic E-state index is 12.7. The third-order valence-electron chi connectivity index (χ3n) is 1.94. The zero-order valence-corrected chi connectivity index (χ0v) is 7.66. The summed E-state index contributed by atoms with van der Waals surface area (Å²) in [5.74, 6) is -1.24. The Hall–Kier alpha value is -1.52. The molecule has 1 rings (SSSR count). The van der Waals surface area contributed by atoms with Gasteiger partial charge in [-0.1, -0.05) is 18.2 Å². The summed E-state index contributed by atoms with van der Waals surface area (Å²) in [7, 11) is 0. The minimum Gasteiger partial charge on any atom is -0.478 e. The minimum atomic E-state index is -3.09. The molecule has 0 bridgehead atoms. The molecule has 1 unspecified atom stereocenters. The molecular weight excluding hydrogens is 209 g/mol. The summed E-state index contributed by atoms with van der Waals surface area (Å²) >= 11 is 0. The molecular formula is C10H9F3O2. The number of carboxylic acids is 1. The lowest BCUT2D eigenvalue weighted by atomic mass is 10.0. The molecule has 15 heavy (non-hydrogen) atoms. The van der Waals surface area contributed by atoms with Crippen LogP contribution in [-0.2, 0) is 6.42 Å². The van der Waals surface area contributed by atoms with Crippen LogP contribution in [0, 0.1) is 0 Å². The molecule has 1 N–H and O–H groups in total. The second-order valence-corrected chi connectivity index (χ2v) is 3.02. The highest BCUT2D eigenvalue weighted by molar-refractivity contribution is 5.89. The SMILES string of the molecule is O=C(O)c1ccccc1CC(F)C(F)F. The van der Waals surface area contributed by atoms with Crippen LogP contribution < -0.4 is 0 Å². The number of halogens is 3. The van der Waals surface area contributed by atoms with Gasteiger partial charge in [0, 0.05) is 6.42 Å². The average Bonchev–Trinajstić information content (AvgIpc) is 2.18. The molecule has 0 spiro atoms. The molecule has 2 nitrogen and oxygen atoms in total. The van der Waals surface area contributed by atoms with E-state index >= 15 is 0 Å². The van der Waals surface area contributed by atoms with E-state index in [4.69, 9.17) is 5.11 Å². The van der Waals surface area contributed by atoms with Gasteiger partial charge < -0.3 is 5.11 Å². The van der Waals surface area contributed by atoms with Crippen LogP contribution >= 0.6 is 0 Å². The van der Waals surface area contributed by atoms with Gasteiger partial charge in [0.25, 0.3) is 6.43 Å². The molecule has 0 aliphatic rings. The topological polar surface area (TPSA) is 37.3 Å². The van der Waals surface area contributed by atoms with E-state index < -0.39 is 25.0 Å². The van der Waals surface area contributed by atoms with Crippen LogP contribution in [0.4, 0.5) is 13.2 Å². The highest BCUT2D eigenvalue weighted by Crippen LogP contribution is 2.16. The zero-order chi connectivity index (χ0) is 11.4. The van der Waals surface area contributed by atoms with Crippen molar-refractivity contribution in [2.45, 2.75) is 19.0 Å². The van der Waals surface area contributed by atoms with Gasteiger partial charge >= 0.3 is 5.97 Å². The van der Waals surface area contributed by atoms with Gasteiger partial charge in [-0.3, -0.25) is 0 Å². The Morgan fingerprint density at radius 2 is 1.87 bits per heavy atom. The van der Waals surface area contributed by atoms with E-state index in [2.05, 4.69) is 0 Å². The smallest absolute Gasteiger partial charge is 0.335 e. The summed E-state index contributed by atoms with van der Waals surface area (Å²) in [6.45, 7) is 0. The predicted octanol–water partition coefficient (Wildman–Crippen LogP) is 2.53. The highest BCUT2D eigenvalue weighted by Gasteiger charge is 2.21. The lowest BCUT2D eigenvalue weighted by Gasteiger charge is -2.09. The fourth-order valence-corrected chi connectivity index (χ4v) is 1.21. The van der Waals surface area contributed by atoms with Gasteiger partial charge in [0.15, 0.2) is 6.17 Å². The van der Waals surface area contributed by atoms with Crippen molar-refractivity contribution in [3.63, 3.8) is 0 Å². The van der Waals surface area contributed by atoms with E-state index in [1.54, 1.807) is 0 Å². The number of carbonyl (C=O) groups is 1. The van der Waals surface area contributed by atoms with Gasteiger partial charge in [-0.15, -0.1) is 0 Å². The first-order valence-electron chi connectivity index (χ1n) is 4.25. The van der Waals surface area contributed by atoms with Gasteiger partial charge in [-0.2, -0.15) is 0 Å². The number of hydrogen-bond acceptors (Lipinski definition) is 1. The Morgan fingerprint density at radius 1 is 1.27 bits per heavy atom. The Morgan fingerprint density at radius 3 is 2.40 bits per heavy atom. The molecule has 0 aromatic heterocycles. The van der Waals surface area contributed by atoms with Crippen molar-refractivity contribution >= 4 is 5.97 Å². The molecule has 0 saturated heterocycles. The largest absolute Gasteiger partial charge is 0.478 e. The Balaban J connectivity index is 2.89. The fourth-order valence-electron chi connectivity index (χ4n) is 1.21. The monoisotopic (exact) mass is 218 g/mol. The highest BCUT2D eigenvalue weighted by atomic mass is 19.3. The first kappa shape index (κ1) is 11.6. The summed E-state index contributed by atoms with van der Waals surface area (Å²) in [6.07, 6.45) is -6.00. The van der Waals surface area contributed by atoms with E-state index in [1.807, 2.05) is 0 Å². The lowest BCUT2D eigenvalue weighted by Crippen LogP contribution is -2.17. The Bertz CT molecular complexity index is 352. The van der Waals surface area contributed by atoms with Crippen molar-refractivity contribution in [1.82, 2.24) is 0 Å². The molecule has 5 heteroatoms. The zero-order valence-electron chi connectivity index (χ0n) is 7.66. The van der Waals surface area contributed by atoms with Crippen LogP contribution in [-0.4, -0.2) is 23.7 Å². The predicted molar refractivity (Wildman–Crippen MR) is 48.0 cm³/mol. The number of benzene rings is 1. The maximum Gasteiger partial charge on any atom is 0.335 e. The van der Waals surface area contributed by atoms with E-state index in [1.165, 1.54) is 24.3 Å². The van der Waals surface area contributed by atoms with Crippen molar-refractivity contribution in [1.29, 1.82) is 0 Å². The number of alkyl halides is 3. The second kappa shape index (κ2) is 4.82. The van der Waals surface area contributed by atoms with Crippen LogP contribution in [0.2, 0.25) is 0 Å². The molecule has 0 fully saturated rings. The summed E-state index contributed by atoms with van der Waals surface area (Å²) in [4.78, 5) is 10.7. The van der Waals surface area contributed by atoms with E-state index in [0.29, 0.717) is 0 Å². The van der Waals surface area contributed by atoms with Crippen molar-refractivity contribution in [3.05, 3.63) is 35.4 Å². The molecule has 0 aliphatic heterocycles. The van der Waals surface area contributed by atoms with Crippen LogP contribution in [0.15, 0.2) is 24.3 Å². The second-order valence-electron chi connectivity index (χ2n) is 3.02. The van der Waals surface area contributed by atoms with Crippen LogP contribution in [0.3, 0.4) is 0 Å². The molecule has 0 saturated carbocycles. The lowest BCUT2D eigenvalue weighted by molar-refractivity contribution is 0.0497. The van der Waals surface area contributed by atoms with Crippen molar-refractivity contribution in [3.8, 4) is 0 Å². The number of carboxylic acid groups (broad SMARTS) is 1. The first-order chi connectivity index (χ1) is 7.02. The summed E-state index contributed by atoms with van der Waals surface area (Å²) in [5.41, 5.74) is -0.0569. The normalized spacial score (nSPS) is 12.8. The molecule has 1 aromatic carbocycles. The molecule has 1 atom stereocenters. The number of hydrogen-bond donors (Lipinski definition) is 1. The standard InChI is InChI=1S/C10H9F3O2/c11-8(9(12)13)5-6-3-1-2-4-7(6)10(14)15/h1-4,8-9H,5H2,(H,14,15). The average molecular weight is 218 g/mol. The van der Waals surface area contributed by atoms with Gasteiger partial charge in [0.05, 0.1) is 5.56 Å². The maximum atomic E-state index is 12.7. The van der Waals surface area contributed by atoms with E-state index in [9.17, 15) is 18.0 Å². The van der Waals surface area contributed by atoms with Crippen LogP contribution in [0.25, 0.3) is 0 Å².